The van der Waals surface area contributed by atoms with Crippen LogP contribution in [0.5, 0.6) is 5.75 Å². The molecule has 3 aromatic carbocycles. The van der Waals surface area contributed by atoms with Crippen molar-refractivity contribution in [1.82, 2.24) is 0 Å². The normalized spacial score (nSPS) is 12.3. The Labute approximate surface area is 204 Å². The second-order valence-corrected chi connectivity index (χ2v) is 9.48. The van der Waals surface area contributed by atoms with Crippen LogP contribution in [0.15, 0.2) is 56.4 Å². The van der Waals surface area contributed by atoms with E-state index in [1.54, 1.807) is 6.92 Å². The number of benzene rings is 3. The molecule has 158 valence electrons. The Morgan fingerprint density at radius 3 is 2.19 bits per heavy atom. The number of nitrogens with zero attached hydrogens (tertiary/aromatic N) is 2. The van der Waals surface area contributed by atoms with Gasteiger partial charge in [0.2, 0.25) is 0 Å². The van der Waals surface area contributed by atoms with Gasteiger partial charge in [0.1, 0.15) is 22.0 Å². The van der Waals surface area contributed by atoms with Crippen molar-refractivity contribution in [2.45, 2.75) is 16.7 Å². The molecule has 0 aromatic heterocycles. The minimum atomic E-state index is -4.67. The number of rotatable bonds is 4. The molecule has 14 heteroatoms. The Bertz CT molecular complexity index is 1440. The van der Waals surface area contributed by atoms with E-state index < -0.39 is 35.8 Å². The molecular formula is C17H14ClN3NaO7S2+. The van der Waals surface area contributed by atoms with Crippen molar-refractivity contribution < 1.29 is 60.6 Å². The monoisotopic (exact) mass is 494 g/mol. The van der Waals surface area contributed by atoms with E-state index in [0.717, 1.165) is 18.2 Å². The maximum absolute atomic E-state index is 11.6. The number of phenols is 1. The van der Waals surface area contributed by atoms with Gasteiger partial charge in [-0.2, -0.15) is 16.8 Å². The Hall–Kier alpha value is -1.77. The fourth-order valence-electron chi connectivity index (χ4n) is 2.71. The summed E-state index contributed by atoms with van der Waals surface area (Å²) in [5, 5.41) is 18.3. The largest absolute Gasteiger partial charge is 1.00 e. The molecule has 0 saturated heterocycles. The molecule has 0 amide bonds. The Kier molecular flexibility index (Phi) is 7.40. The molecular weight excluding hydrogens is 481 g/mol. The van der Waals surface area contributed by atoms with Gasteiger partial charge in [0.25, 0.3) is 20.2 Å². The number of nitrogen functional groups attached to an aromatic ring is 1. The minimum Gasteiger partial charge on any atom is -0.507 e. The van der Waals surface area contributed by atoms with Crippen LogP contribution >= 0.6 is 11.6 Å². The van der Waals surface area contributed by atoms with Crippen LogP contribution in [0, 0.1) is 6.92 Å². The van der Waals surface area contributed by atoms with E-state index in [2.05, 4.69) is 10.2 Å². The SMILES string of the molecule is Cc1cc(N=Nc2c(N)ccc3cc(S(=O)(=O)O)cc(O)c23)c(S(=O)(=O)O)cc1Cl.[Na+]. The summed E-state index contributed by atoms with van der Waals surface area (Å²) >= 11 is 5.91. The first-order chi connectivity index (χ1) is 13.8. The summed E-state index contributed by atoms with van der Waals surface area (Å²) in [6.07, 6.45) is 0. The van der Waals surface area contributed by atoms with Gasteiger partial charge in [-0.25, -0.2) is 0 Å². The van der Waals surface area contributed by atoms with Gasteiger partial charge in [-0.15, -0.1) is 10.2 Å². The first-order valence-corrected chi connectivity index (χ1v) is 11.3. The van der Waals surface area contributed by atoms with Crippen molar-refractivity contribution in [2.24, 2.45) is 10.2 Å². The van der Waals surface area contributed by atoms with Crippen molar-refractivity contribution >= 4 is 59.7 Å². The molecule has 0 saturated carbocycles. The molecule has 5 N–H and O–H groups in total. The quantitative estimate of drug-likeness (QED) is 0.179. The summed E-state index contributed by atoms with van der Waals surface area (Å²) in [5.74, 6) is -0.552. The Morgan fingerprint density at radius 2 is 1.61 bits per heavy atom. The molecule has 0 aliphatic heterocycles. The number of nitrogens with two attached hydrogens (primary N) is 1. The van der Waals surface area contributed by atoms with Crippen LogP contribution in [0.3, 0.4) is 0 Å². The number of fused-ring (bicyclic) bond motifs is 1. The molecule has 0 heterocycles. The summed E-state index contributed by atoms with van der Waals surface area (Å²) in [5.41, 5.74) is 6.09. The molecule has 0 fully saturated rings. The van der Waals surface area contributed by atoms with E-state index in [1.165, 1.54) is 18.2 Å². The first kappa shape index (κ1) is 25.5. The fourth-order valence-corrected chi connectivity index (χ4v) is 4.10. The maximum atomic E-state index is 11.6. The average molecular weight is 495 g/mol. The van der Waals surface area contributed by atoms with Crippen LogP contribution < -0.4 is 35.3 Å². The molecule has 3 rings (SSSR count). The smallest absolute Gasteiger partial charge is 0.507 e. The predicted molar refractivity (Wildman–Crippen MR) is 110 cm³/mol. The van der Waals surface area contributed by atoms with Crippen molar-refractivity contribution in [2.75, 3.05) is 5.73 Å². The van der Waals surface area contributed by atoms with Crippen LogP contribution in [0.2, 0.25) is 5.02 Å². The van der Waals surface area contributed by atoms with E-state index >= 15 is 0 Å². The van der Waals surface area contributed by atoms with Crippen LogP contribution in [0.25, 0.3) is 10.8 Å². The topological polar surface area (TPSA) is 180 Å². The van der Waals surface area contributed by atoms with Crippen molar-refractivity contribution in [1.29, 1.82) is 0 Å². The van der Waals surface area contributed by atoms with Gasteiger partial charge in [-0.05, 0) is 42.1 Å². The third kappa shape index (κ3) is 5.35. The van der Waals surface area contributed by atoms with E-state index in [1.807, 2.05) is 0 Å². The van der Waals surface area contributed by atoms with Crippen molar-refractivity contribution in [3.05, 3.63) is 47.0 Å². The van der Waals surface area contributed by atoms with E-state index in [9.17, 15) is 31.0 Å². The zero-order chi connectivity index (χ0) is 22.4. The van der Waals surface area contributed by atoms with Crippen LogP contribution in [-0.4, -0.2) is 31.0 Å². The van der Waals surface area contributed by atoms with E-state index in [4.69, 9.17) is 17.3 Å². The predicted octanol–water partition coefficient (Wildman–Crippen LogP) is 1.00. The molecule has 31 heavy (non-hydrogen) atoms. The zero-order valence-electron chi connectivity index (χ0n) is 16.1. The number of halogens is 1. The molecule has 0 spiro atoms. The summed E-state index contributed by atoms with van der Waals surface area (Å²) in [6.45, 7) is 1.59. The fraction of sp³-hybridized carbons (Fsp3) is 0.0588. The number of phenolic OH excluding ortho intramolecular Hbond substituents is 1. The zero-order valence-corrected chi connectivity index (χ0v) is 20.5. The van der Waals surface area contributed by atoms with Gasteiger partial charge in [-0.3, -0.25) is 9.11 Å². The summed E-state index contributed by atoms with van der Waals surface area (Å²) in [4.78, 5) is -1.12. The number of azo groups is 1. The van der Waals surface area contributed by atoms with Gasteiger partial charge in [0.05, 0.1) is 16.0 Å². The van der Waals surface area contributed by atoms with Gasteiger partial charge in [0, 0.05) is 11.1 Å². The molecule has 0 aliphatic carbocycles. The van der Waals surface area contributed by atoms with Gasteiger partial charge in [0.15, 0.2) is 0 Å². The number of anilines is 1. The Morgan fingerprint density at radius 1 is 0.968 bits per heavy atom. The molecule has 0 aliphatic rings. The number of aromatic hydroxyl groups is 1. The summed E-state index contributed by atoms with van der Waals surface area (Å²) in [7, 11) is -9.25. The second-order valence-electron chi connectivity index (χ2n) is 6.26. The second kappa shape index (κ2) is 9.00. The molecule has 0 bridgehead atoms. The minimum absolute atomic E-state index is 0. The number of hydrogen-bond donors (Lipinski definition) is 4. The average Bonchev–Trinajstić information content (AvgIpc) is 2.61. The molecule has 10 nitrogen and oxygen atoms in total. The molecule has 0 atom stereocenters. The van der Waals surface area contributed by atoms with Crippen LogP contribution in [0.1, 0.15) is 5.56 Å². The standard InChI is InChI=1S/C17H14ClN3O7S2.Na/c1-8-4-13(15(7-11(8)18)30(26,27)28)20-21-17-12(19)3-2-9-5-10(29(23,24)25)6-14(22)16(9)17;/h2-7,22H,19H2,1H3,(H,23,24,25)(H,26,27,28);/q;+1. The Balaban J connectivity index is 0.00000341. The number of hydrogen-bond acceptors (Lipinski definition) is 8. The molecule has 0 unspecified atom stereocenters. The third-order valence-corrected chi connectivity index (χ3v) is 6.27. The van der Waals surface area contributed by atoms with Crippen molar-refractivity contribution in [3.63, 3.8) is 0 Å². The van der Waals surface area contributed by atoms with Crippen molar-refractivity contribution in [3.8, 4) is 5.75 Å². The summed E-state index contributed by atoms with van der Waals surface area (Å²) < 4.78 is 64.7. The van der Waals surface area contributed by atoms with E-state index in [0.29, 0.717) is 5.56 Å². The van der Waals surface area contributed by atoms with Gasteiger partial charge >= 0.3 is 29.6 Å². The van der Waals surface area contributed by atoms with Crippen LogP contribution in [-0.2, 0) is 20.2 Å². The van der Waals surface area contributed by atoms with E-state index in [-0.39, 0.29) is 62.4 Å². The third-order valence-electron chi connectivity index (χ3n) is 4.15. The molecule has 3 aromatic rings. The van der Waals surface area contributed by atoms with Crippen LogP contribution in [0.4, 0.5) is 17.1 Å². The maximum Gasteiger partial charge on any atom is 1.00 e. The van der Waals surface area contributed by atoms with Gasteiger partial charge in [-0.1, -0.05) is 17.7 Å². The summed E-state index contributed by atoms with van der Waals surface area (Å²) in [6, 6.07) is 6.97. The van der Waals surface area contributed by atoms with Gasteiger partial charge < -0.3 is 10.8 Å². The number of aryl methyl sites for hydroxylation is 1. The first-order valence-electron chi connectivity index (χ1n) is 8.01. The molecule has 0 radical (unpaired) electrons.